The van der Waals surface area contributed by atoms with Crippen LogP contribution in [-0.2, 0) is 16.9 Å². The molecule has 0 radical (unpaired) electrons. The highest BCUT2D eigenvalue weighted by molar-refractivity contribution is 6.07. The first kappa shape index (κ1) is 16.7. The Balaban J connectivity index is 1.91. The fourth-order valence-electron chi connectivity index (χ4n) is 2.72. The molecule has 1 aromatic carbocycles. The summed E-state index contributed by atoms with van der Waals surface area (Å²) in [5.74, 6) is 1.21. The maximum absolute atomic E-state index is 12.9. The molecule has 1 atom stereocenters. The number of nitrogens with one attached hydrogen (secondary N) is 1. The number of nitrogens with zero attached hydrogens (tertiary/aromatic N) is 3. The highest BCUT2D eigenvalue weighted by Gasteiger charge is 2.49. The number of aromatic nitrogens is 2. The van der Waals surface area contributed by atoms with Crippen molar-refractivity contribution in [3.63, 3.8) is 0 Å². The van der Waals surface area contributed by atoms with Crippen molar-refractivity contribution in [3.8, 4) is 11.5 Å². The van der Waals surface area contributed by atoms with Crippen LogP contribution in [0.3, 0.4) is 0 Å². The van der Waals surface area contributed by atoms with Gasteiger partial charge in [0.25, 0.3) is 5.91 Å². The lowest BCUT2D eigenvalue weighted by molar-refractivity contribution is -0.131. The molecule has 1 saturated heterocycles. The third-order valence-corrected chi connectivity index (χ3v) is 4.10. The highest BCUT2D eigenvalue weighted by Crippen LogP contribution is 2.35. The first-order valence-electron chi connectivity index (χ1n) is 7.55. The van der Waals surface area contributed by atoms with Gasteiger partial charge in [0.05, 0.1) is 14.2 Å². The topological polar surface area (TPSA) is 107 Å². The normalized spacial score (nSPS) is 19.9. The Hall–Kier alpha value is -3.10. The summed E-state index contributed by atoms with van der Waals surface area (Å²) >= 11 is 0. The van der Waals surface area contributed by atoms with Crippen LogP contribution < -0.4 is 14.8 Å². The summed E-state index contributed by atoms with van der Waals surface area (Å²) in [4.78, 5) is 30.3. The SMILES string of the molecule is COc1ccc(C2(C)NC(=O)N(Cc3nc(C)no3)C2=O)cc1OC. The average Bonchev–Trinajstić information content (AvgIpc) is 3.11. The third-order valence-electron chi connectivity index (χ3n) is 4.10. The molecule has 1 aromatic heterocycles. The number of benzene rings is 1. The minimum atomic E-state index is -1.23. The molecule has 0 saturated carbocycles. The standard InChI is InChI=1S/C16H18N4O5/c1-9-17-13(25-19-9)8-20-14(21)16(2,18-15(20)22)10-5-6-11(23-3)12(7-10)24-4/h5-7H,8H2,1-4H3,(H,18,22). The summed E-state index contributed by atoms with van der Waals surface area (Å²) in [6, 6.07) is 4.53. The second kappa shape index (κ2) is 6.08. The van der Waals surface area contributed by atoms with E-state index in [-0.39, 0.29) is 12.4 Å². The number of urea groups is 1. The lowest BCUT2D eigenvalue weighted by atomic mass is 9.91. The number of imide groups is 1. The Morgan fingerprint density at radius 1 is 1.24 bits per heavy atom. The van der Waals surface area contributed by atoms with Crippen LogP contribution >= 0.6 is 0 Å². The molecule has 9 nitrogen and oxygen atoms in total. The minimum absolute atomic E-state index is 0.0889. The van der Waals surface area contributed by atoms with Gasteiger partial charge in [-0.3, -0.25) is 9.69 Å². The molecule has 3 amide bonds. The number of amides is 3. The Bertz CT molecular complexity index is 834. The van der Waals surface area contributed by atoms with Gasteiger partial charge in [-0.1, -0.05) is 11.2 Å². The van der Waals surface area contributed by atoms with Gasteiger partial charge in [-0.05, 0) is 31.5 Å². The molecule has 1 N–H and O–H groups in total. The Labute approximate surface area is 143 Å². The van der Waals surface area contributed by atoms with E-state index in [1.54, 1.807) is 32.0 Å². The van der Waals surface area contributed by atoms with Crippen LogP contribution in [0, 0.1) is 6.92 Å². The Morgan fingerprint density at radius 2 is 1.96 bits per heavy atom. The van der Waals surface area contributed by atoms with E-state index in [1.165, 1.54) is 14.2 Å². The number of rotatable bonds is 5. The second-order valence-electron chi connectivity index (χ2n) is 5.75. The number of hydrogen-bond donors (Lipinski definition) is 1. The number of ether oxygens (including phenoxy) is 2. The van der Waals surface area contributed by atoms with Crippen LogP contribution in [0.5, 0.6) is 11.5 Å². The van der Waals surface area contributed by atoms with Crippen molar-refractivity contribution in [2.75, 3.05) is 14.2 Å². The molecule has 1 fully saturated rings. The molecule has 132 valence electrons. The Morgan fingerprint density at radius 3 is 2.56 bits per heavy atom. The van der Waals surface area contributed by atoms with Crippen molar-refractivity contribution in [1.82, 2.24) is 20.4 Å². The molecule has 1 unspecified atom stereocenters. The van der Waals surface area contributed by atoms with Gasteiger partial charge in [-0.25, -0.2) is 4.79 Å². The van der Waals surface area contributed by atoms with E-state index < -0.39 is 17.5 Å². The number of carbonyl (C=O) groups excluding carboxylic acids is 2. The van der Waals surface area contributed by atoms with Crippen LogP contribution in [0.2, 0.25) is 0 Å². The van der Waals surface area contributed by atoms with Crippen molar-refractivity contribution >= 4 is 11.9 Å². The van der Waals surface area contributed by atoms with Crippen LogP contribution in [0.1, 0.15) is 24.2 Å². The quantitative estimate of drug-likeness (QED) is 0.815. The van der Waals surface area contributed by atoms with E-state index in [0.29, 0.717) is 22.9 Å². The predicted molar refractivity (Wildman–Crippen MR) is 85.0 cm³/mol. The summed E-state index contributed by atoms with van der Waals surface area (Å²) in [5.41, 5.74) is -0.654. The molecule has 2 aromatic rings. The number of methoxy groups -OCH3 is 2. The summed E-state index contributed by atoms with van der Waals surface area (Å²) in [6.45, 7) is 3.20. The van der Waals surface area contributed by atoms with E-state index in [1.807, 2.05) is 0 Å². The molecule has 3 rings (SSSR count). The molecular weight excluding hydrogens is 328 g/mol. The van der Waals surface area contributed by atoms with Crippen LogP contribution in [0.4, 0.5) is 4.79 Å². The minimum Gasteiger partial charge on any atom is -0.493 e. The molecule has 0 spiro atoms. The van der Waals surface area contributed by atoms with Gasteiger partial charge < -0.3 is 19.3 Å². The van der Waals surface area contributed by atoms with Crippen molar-refractivity contribution in [1.29, 1.82) is 0 Å². The van der Waals surface area contributed by atoms with Gasteiger partial charge in [0.2, 0.25) is 5.89 Å². The van der Waals surface area contributed by atoms with Gasteiger partial charge in [-0.15, -0.1) is 0 Å². The van der Waals surface area contributed by atoms with Crippen molar-refractivity contribution in [2.24, 2.45) is 0 Å². The van der Waals surface area contributed by atoms with E-state index in [9.17, 15) is 9.59 Å². The maximum Gasteiger partial charge on any atom is 0.325 e. The zero-order valence-corrected chi connectivity index (χ0v) is 14.3. The highest BCUT2D eigenvalue weighted by atomic mass is 16.5. The van der Waals surface area contributed by atoms with Crippen molar-refractivity contribution < 1.29 is 23.6 Å². The van der Waals surface area contributed by atoms with Gasteiger partial charge >= 0.3 is 6.03 Å². The van der Waals surface area contributed by atoms with Gasteiger partial charge in [0.15, 0.2) is 17.3 Å². The molecule has 2 heterocycles. The fourth-order valence-corrected chi connectivity index (χ4v) is 2.72. The van der Waals surface area contributed by atoms with E-state index in [0.717, 1.165) is 4.90 Å². The second-order valence-corrected chi connectivity index (χ2v) is 5.75. The predicted octanol–water partition coefficient (Wildman–Crippen LogP) is 1.36. The number of hydrogen-bond acceptors (Lipinski definition) is 7. The monoisotopic (exact) mass is 346 g/mol. The number of carbonyl (C=O) groups is 2. The van der Waals surface area contributed by atoms with E-state index in [2.05, 4.69) is 15.5 Å². The molecule has 25 heavy (non-hydrogen) atoms. The van der Waals surface area contributed by atoms with Gasteiger partial charge in [0, 0.05) is 0 Å². The lowest BCUT2D eigenvalue weighted by Crippen LogP contribution is -2.40. The van der Waals surface area contributed by atoms with Gasteiger partial charge in [0.1, 0.15) is 12.1 Å². The van der Waals surface area contributed by atoms with Crippen molar-refractivity contribution in [3.05, 3.63) is 35.5 Å². The summed E-state index contributed by atoms with van der Waals surface area (Å²) in [5, 5.41) is 6.37. The smallest absolute Gasteiger partial charge is 0.325 e. The lowest BCUT2D eigenvalue weighted by Gasteiger charge is -2.23. The molecule has 9 heteroatoms. The summed E-state index contributed by atoms with van der Waals surface area (Å²) < 4.78 is 15.5. The maximum atomic E-state index is 12.9. The fraction of sp³-hybridized carbons (Fsp3) is 0.375. The van der Waals surface area contributed by atoms with E-state index in [4.69, 9.17) is 14.0 Å². The van der Waals surface area contributed by atoms with Crippen LogP contribution in [0.25, 0.3) is 0 Å². The molecule has 1 aliphatic rings. The molecule has 1 aliphatic heterocycles. The molecule has 0 bridgehead atoms. The largest absolute Gasteiger partial charge is 0.493 e. The first-order valence-corrected chi connectivity index (χ1v) is 7.55. The number of aryl methyl sites for hydroxylation is 1. The van der Waals surface area contributed by atoms with E-state index >= 15 is 0 Å². The summed E-state index contributed by atoms with van der Waals surface area (Å²) in [6.07, 6.45) is 0. The molecule has 0 aliphatic carbocycles. The van der Waals surface area contributed by atoms with Crippen LogP contribution in [0.15, 0.2) is 22.7 Å². The first-order chi connectivity index (χ1) is 11.9. The third kappa shape index (κ3) is 2.77. The summed E-state index contributed by atoms with van der Waals surface area (Å²) in [7, 11) is 3.03. The zero-order valence-electron chi connectivity index (χ0n) is 14.3. The molecular formula is C16H18N4O5. The van der Waals surface area contributed by atoms with Gasteiger partial charge in [-0.2, -0.15) is 4.98 Å². The van der Waals surface area contributed by atoms with Crippen LogP contribution in [-0.4, -0.2) is 41.2 Å². The van der Waals surface area contributed by atoms with Crippen molar-refractivity contribution in [2.45, 2.75) is 25.9 Å². The Kier molecular flexibility index (Phi) is 4.07. The zero-order chi connectivity index (χ0) is 18.2. The average molecular weight is 346 g/mol.